The number of nitrogens with zero attached hydrogens (tertiary/aromatic N) is 1. The SMILES string of the molecule is Ic1ccc(Cn2cccc2CNC2CC2)cc1. The number of halogens is 1. The van der Waals surface area contributed by atoms with Crippen LogP contribution in [0.3, 0.4) is 0 Å². The Bertz CT molecular complexity index is 512. The van der Waals surface area contributed by atoms with E-state index in [1.807, 2.05) is 0 Å². The van der Waals surface area contributed by atoms with E-state index in [1.54, 1.807) is 0 Å². The van der Waals surface area contributed by atoms with Crippen LogP contribution in [0.25, 0.3) is 0 Å². The molecule has 0 bridgehead atoms. The summed E-state index contributed by atoms with van der Waals surface area (Å²) in [5, 5.41) is 3.57. The molecule has 1 aromatic heterocycles. The largest absolute Gasteiger partial charge is 0.346 e. The van der Waals surface area contributed by atoms with Crippen LogP contribution in [-0.4, -0.2) is 10.6 Å². The summed E-state index contributed by atoms with van der Waals surface area (Å²) in [5.74, 6) is 0. The number of hydrogen-bond acceptors (Lipinski definition) is 1. The molecular weight excluding hydrogens is 335 g/mol. The molecule has 0 aliphatic heterocycles. The lowest BCUT2D eigenvalue weighted by Crippen LogP contribution is -2.18. The summed E-state index contributed by atoms with van der Waals surface area (Å²) < 4.78 is 3.62. The quantitative estimate of drug-likeness (QED) is 0.817. The first-order valence-corrected chi connectivity index (χ1v) is 7.51. The third kappa shape index (κ3) is 3.14. The fraction of sp³-hybridized carbons (Fsp3) is 0.333. The molecule has 0 atom stereocenters. The Morgan fingerprint density at radius 1 is 1.17 bits per heavy atom. The van der Waals surface area contributed by atoms with Gasteiger partial charge in [-0.05, 0) is 65.3 Å². The van der Waals surface area contributed by atoms with E-state index in [0.717, 1.165) is 19.1 Å². The monoisotopic (exact) mass is 352 g/mol. The Morgan fingerprint density at radius 3 is 2.67 bits per heavy atom. The predicted octanol–water partition coefficient (Wildman–Crippen LogP) is 3.39. The minimum atomic E-state index is 0.770. The zero-order chi connectivity index (χ0) is 12.4. The zero-order valence-corrected chi connectivity index (χ0v) is 12.4. The topological polar surface area (TPSA) is 17.0 Å². The molecule has 0 amide bonds. The van der Waals surface area contributed by atoms with Gasteiger partial charge in [0.2, 0.25) is 0 Å². The van der Waals surface area contributed by atoms with Gasteiger partial charge in [0, 0.05) is 34.6 Å². The second-order valence-corrected chi connectivity index (χ2v) is 6.15. The predicted molar refractivity (Wildman–Crippen MR) is 82.6 cm³/mol. The number of benzene rings is 1. The molecule has 94 valence electrons. The lowest BCUT2D eigenvalue weighted by Gasteiger charge is -2.10. The summed E-state index contributed by atoms with van der Waals surface area (Å²) in [6, 6.07) is 13.9. The zero-order valence-electron chi connectivity index (χ0n) is 10.3. The van der Waals surface area contributed by atoms with Gasteiger partial charge in [-0.3, -0.25) is 0 Å². The lowest BCUT2D eigenvalue weighted by atomic mass is 10.2. The fourth-order valence-electron chi connectivity index (χ4n) is 2.09. The molecule has 18 heavy (non-hydrogen) atoms. The first-order valence-electron chi connectivity index (χ1n) is 6.43. The van der Waals surface area contributed by atoms with Gasteiger partial charge < -0.3 is 9.88 Å². The third-order valence-corrected chi connectivity index (χ3v) is 4.06. The highest BCUT2D eigenvalue weighted by atomic mass is 127. The number of aromatic nitrogens is 1. The van der Waals surface area contributed by atoms with E-state index in [1.165, 1.54) is 27.7 Å². The smallest absolute Gasteiger partial charge is 0.0473 e. The Balaban J connectivity index is 1.67. The van der Waals surface area contributed by atoms with Gasteiger partial charge in [-0.2, -0.15) is 0 Å². The first kappa shape index (κ1) is 12.2. The van der Waals surface area contributed by atoms with Gasteiger partial charge in [0.25, 0.3) is 0 Å². The van der Waals surface area contributed by atoms with Crippen molar-refractivity contribution in [2.75, 3.05) is 0 Å². The number of rotatable bonds is 5. The van der Waals surface area contributed by atoms with Crippen molar-refractivity contribution >= 4 is 22.6 Å². The Morgan fingerprint density at radius 2 is 1.94 bits per heavy atom. The molecule has 1 saturated carbocycles. The first-order chi connectivity index (χ1) is 8.81. The van der Waals surface area contributed by atoms with Gasteiger partial charge >= 0.3 is 0 Å². The van der Waals surface area contributed by atoms with Crippen molar-refractivity contribution in [3.8, 4) is 0 Å². The molecular formula is C15H17IN2. The number of hydrogen-bond donors (Lipinski definition) is 1. The summed E-state index contributed by atoms with van der Waals surface area (Å²) in [6.45, 7) is 1.95. The van der Waals surface area contributed by atoms with Crippen LogP contribution in [0.4, 0.5) is 0 Å². The van der Waals surface area contributed by atoms with Gasteiger partial charge in [0.1, 0.15) is 0 Å². The van der Waals surface area contributed by atoms with Crippen molar-refractivity contribution in [1.82, 2.24) is 9.88 Å². The second kappa shape index (κ2) is 5.45. The average Bonchev–Trinajstić information content (AvgIpc) is 3.11. The normalized spacial score (nSPS) is 14.9. The summed E-state index contributed by atoms with van der Waals surface area (Å²) >= 11 is 2.34. The summed E-state index contributed by atoms with van der Waals surface area (Å²) in [6.07, 6.45) is 4.86. The van der Waals surface area contributed by atoms with Crippen LogP contribution in [0, 0.1) is 3.57 Å². The van der Waals surface area contributed by atoms with Crippen LogP contribution in [-0.2, 0) is 13.1 Å². The maximum Gasteiger partial charge on any atom is 0.0473 e. The van der Waals surface area contributed by atoms with Crippen molar-refractivity contribution in [1.29, 1.82) is 0 Å². The third-order valence-electron chi connectivity index (χ3n) is 3.34. The molecule has 3 rings (SSSR count). The summed E-state index contributed by atoms with van der Waals surface area (Å²) in [5.41, 5.74) is 2.74. The highest BCUT2D eigenvalue weighted by Gasteiger charge is 2.20. The molecule has 1 aromatic carbocycles. The lowest BCUT2D eigenvalue weighted by molar-refractivity contribution is 0.634. The summed E-state index contributed by atoms with van der Waals surface area (Å²) in [4.78, 5) is 0. The van der Waals surface area contributed by atoms with Crippen LogP contribution in [0.2, 0.25) is 0 Å². The molecule has 1 heterocycles. The van der Waals surface area contributed by atoms with Gasteiger partial charge in [0.05, 0.1) is 0 Å². The highest BCUT2D eigenvalue weighted by Crippen LogP contribution is 2.19. The second-order valence-electron chi connectivity index (χ2n) is 4.91. The van der Waals surface area contributed by atoms with Crippen molar-refractivity contribution in [2.45, 2.75) is 32.0 Å². The van der Waals surface area contributed by atoms with Crippen LogP contribution in [0.5, 0.6) is 0 Å². The molecule has 1 aliphatic carbocycles. The average molecular weight is 352 g/mol. The van der Waals surface area contributed by atoms with Crippen LogP contribution < -0.4 is 5.32 Å². The van der Waals surface area contributed by atoms with Crippen LogP contribution in [0.15, 0.2) is 42.6 Å². The van der Waals surface area contributed by atoms with Gasteiger partial charge in [-0.1, -0.05) is 12.1 Å². The molecule has 0 radical (unpaired) electrons. The molecule has 2 aromatic rings. The van der Waals surface area contributed by atoms with E-state index in [2.05, 4.69) is 75.1 Å². The van der Waals surface area contributed by atoms with E-state index in [-0.39, 0.29) is 0 Å². The summed E-state index contributed by atoms with van der Waals surface area (Å²) in [7, 11) is 0. The van der Waals surface area contributed by atoms with Gasteiger partial charge in [-0.15, -0.1) is 0 Å². The maximum atomic E-state index is 3.57. The molecule has 1 fully saturated rings. The molecule has 2 nitrogen and oxygen atoms in total. The molecule has 3 heteroatoms. The van der Waals surface area contributed by atoms with Crippen molar-refractivity contribution < 1.29 is 0 Å². The van der Waals surface area contributed by atoms with E-state index in [4.69, 9.17) is 0 Å². The maximum absolute atomic E-state index is 3.57. The van der Waals surface area contributed by atoms with Crippen molar-refractivity contribution in [2.24, 2.45) is 0 Å². The van der Waals surface area contributed by atoms with Gasteiger partial charge in [0.15, 0.2) is 0 Å². The molecule has 0 unspecified atom stereocenters. The van der Waals surface area contributed by atoms with Crippen LogP contribution in [0.1, 0.15) is 24.1 Å². The Labute approximate surface area is 122 Å². The van der Waals surface area contributed by atoms with Crippen molar-refractivity contribution in [3.05, 3.63) is 57.4 Å². The van der Waals surface area contributed by atoms with E-state index < -0.39 is 0 Å². The molecule has 0 spiro atoms. The van der Waals surface area contributed by atoms with Gasteiger partial charge in [-0.25, -0.2) is 0 Å². The van der Waals surface area contributed by atoms with E-state index in [9.17, 15) is 0 Å². The molecule has 1 aliphatic rings. The van der Waals surface area contributed by atoms with Crippen molar-refractivity contribution in [3.63, 3.8) is 0 Å². The molecule has 0 saturated heterocycles. The number of nitrogens with one attached hydrogen (secondary N) is 1. The van der Waals surface area contributed by atoms with Crippen LogP contribution >= 0.6 is 22.6 Å². The Kier molecular flexibility index (Phi) is 3.70. The fourth-order valence-corrected chi connectivity index (χ4v) is 2.45. The van der Waals surface area contributed by atoms with E-state index in [0.29, 0.717) is 0 Å². The Hall–Kier alpha value is -0.810. The minimum Gasteiger partial charge on any atom is -0.346 e. The van der Waals surface area contributed by atoms with E-state index >= 15 is 0 Å². The minimum absolute atomic E-state index is 0.770. The highest BCUT2D eigenvalue weighted by molar-refractivity contribution is 14.1. The molecule has 1 N–H and O–H groups in total. The standard InChI is InChI=1S/C15H17IN2/c16-13-5-3-12(4-6-13)11-18-9-1-2-15(18)10-17-14-7-8-14/h1-6,9,14,17H,7-8,10-11H2.